The fraction of sp³-hybridized carbons (Fsp3) is 1.00. The minimum atomic E-state index is -3.79. The predicted molar refractivity (Wildman–Crippen MR) is 12.3 cm³/mol. The Hall–Kier alpha value is 2.17. The van der Waals surface area contributed by atoms with Crippen molar-refractivity contribution in [3.63, 3.8) is 0 Å². The Morgan fingerprint density at radius 3 is 1.43 bits per heavy atom. The van der Waals surface area contributed by atoms with E-state index in [1.54, 1.807) is 0 Å². The molecule has 0 radical (unpaired) electrons. The summed E-state index contributed by atoms with van der Waals surface area (Å²) in [7, 11) is 0. The van der Waals surface area contributed by atoms with E-state index >= 15 is 0 Å². The molecule has 0 aromatic rings. The molecular formula is CH3HgNaO3Se. The minimum Gasteiger partial charge on any atom is 1.00 e. The van der Waals surface area contributed by atoms with Gasteiger partial charge in [-0.05, 0) is 0 Å². The summed E-state index contributed by atoms with van der Waals surface area (Å²) >= 11 is -2.76. The SMILES string of the molecule is O=[Se]([O-])[O-].[CH3][Hg+].[Na+]. The van der Waals surface area contributed by atoms with Crippen LogP contribution in [0, 0.1) is 0 Å². The van der Waals surface area contributed by atoms with E-state index in [4.69, 9.17) is 12.2 Å². The van der Waals surface area contributed by atoms with E-state index in [2.05, 4.69) is 4.43 Å². The van der Waals surface area contributed by atoms with Crippen LogP contribution in [0.4, 0.5) is 0 Å². The van der Waals surface area contributed by atoms with Gasteiger partial charge in [-0.2, -0.15) is 0 Å². The quantitative estimate of drug-likeness (QED) is 0.403. The third kappa shape index (κ3) is 65.9. The van der Waals surface area contributed by atoms with Crippen molar-refractivity contribution in [1.29, 1.82) is 0 Å². The maximum Gasteiger partial charge on any atom is 1.00 e. The summed E-state index contributed by atoms with van der Waals surface area (Å²) in [5, 5.41) is 0. The molecule has 0 unspecified atom stereocenters. The normalized spacial score (nSPS) is 6.00. The first kappa shape index (κ1) is 16.1. The summed E-state index contributed by atoms with van der Waals surface area (Å²) in [5.74, 6) is 0. The van der Waals surface area contributed by atoms with Gasteiger partial charge in [-0.25, -0.2) is 0 Å². The number of rotatable bonds is 0. The van der Waals surface area contributed by atoms with Crippen molar-refractivity contribution < 1.29 is 67.9 Å². The number of hydrogen-bond acceptors (Lipinski definition) is 3. The first-order chi connectivity index (χ1) is 2.73. The molecule has 0 rings (SSSR count). The minimum absolute atomic E-state index is 0. The van der Waals surface area contributed by atoms with Gasteiger partial charge in [0.15, 0.2) is 0 Å². The number of hydrogen-bond donors (Lipinski definition) is 0. The second kappa shape index (κ2) is 15.7. The summed E-state index contributed by atoms with van der Waals surface area (Å²) in [6.07, 6.45) is 0. The van der Waals surface area contributed by atoms with Gasteiger partial charge in [-0.3, -0.25) is 0 Å². The van der Waals surface area contributed by atoms with E-state index in [0.29, 0.717) is 0 Å². The largest absolute Gasteiger partial charge is 1.00 e. The van der Waals surface area contributed by atoms with E-state index in [0.717, 1.165) is 26.1 Å². The molecule has 3 nitrogen and oxygen atoms in total. The van der Waals surface area contributed by atoms with Gasteiger partial charge in [-0.15, -0.1) is 0 Å². The van der Waals surface area contributed by atoms with Gasteiger partial charge in [0.1, 0.15) is 0 Å². The molecule has 0 aromatic carbocycles. The fourth-order valence-corrected chi connectivity index (χ4v) is 0. The van der Waals surface area contributed by atoms with Crippen molar-refractivity contribution in [3.8, 4) is 0 Å². The maximum absolute atomic E-state index is 8.54. The van der Waals surface area contributed by atoms with Crippen LogP contribution in [-0.2, 0) is 30.0 Å². The van der Waals surface area contributed by atoms with Gasteiger partial charge in [0.2, 0.25) is 0 Å². The van der Waals surface area contributed by atoms with Crippen LogP contribution in [0.3, 0.4) is 0 Å². The monoisotopic (exact) mass is 368 g/mol. The van der Waals surface area contributed by atoms with Crippen molar-refractivity contribution >= 4 is 14.5 Å². The van der Waals surface area contributed by atoms with Crippen LogP contribution in [0.5, 0.6) is 0 Å². The molecule has 0 aliphatic heterocycles. The van der Waals surface area contributed by atoms with Crippen molar-refractivity contribution in [2.45, 2.75) is 4.43 Å². The summed E-state index contributed by atoms with van der Waals surface area (Å²) in [6.45, 7) is 0. The molecule has 0 saturated carbocycles. The van der Waals surface area contributed by atoms with E-state index in [-0.39, 0.29) is 29.6 Å². The zero-order valence-electron chi connectivity index (χ0n) is 4.34. The maximum atomic E-state index is 8.54. The van der Waals surface area contributed by atoms with E-state index in [1.807, 2.05) is 0 Å². The van der Waals surface area contributed by atoms with Crippen molar-refractivity contribution in [2.24, 2.45) is 0 Å². The molecule has 0 heterocycles. The summed E-state index contributed by atoms with van der Waals surface area (Å²) < 4.78 is 27.8. The Labute approximate surface area is 85.5 Å². The third-order valence-electron chi connectivity index (χ3n) is 0. The van der Waals surface area contributed by atoms with Gasteiger partial charge in [0.25, 0.3) is 0 Å². The molecule has 0 aliphatic carbocycles. The fourth-order valence-electron chi connectivity index (χ4n) is 0. The average molecular weight is 366 g/mol. The van der Waals surface area contributed by atoms with Crippen molar-refractivity contribution in [1.82, 2.24) is 0 Å². The first-order valence-corrected chi connectivity index (χ1v) is 8.80. The van der Waals surface area contributed by atoms with Crippen LogP contribution in [0.25, 0.3) is 0 Å². The van der Waals surface area contributed by atoms with E-state index < -0.39 is 14.5 Å². The Morgan fingerprint density at radius 2 is 1.43 bits per heavy atom. The Morgan fingerprint density at radius 1 is 1.43 bits per heavy atom. The summed E-state index contributed by atoms with van der Waals surface area (Å²) in [6, 6.07) is 0. The molecule has 0 atom stereocenters. The zero-order valence-corrected chi connectivity index (χ0v) is 13.6. The molecule has 0 bridgehead atoms. The Balaban J connectivity index is -0.0000000480. The van der Waals surface area contributed by atoms with Gasteiger partial charge in [0.05, 0.1) is 0 Å². The molecule has 7 heavy (non-hydrogen) atoms. The van der Waals surface area contributed by atoms with Gasteiger partial charge < -0.3 is 0 Å². The van der Waals surface area contributed by atoms with Crippen LogP contribution in [-0.4, -0.2) is 14.5 Å². The van der Waals surface area contributed by atoms with Gasteiger partial charge in [-0.1, -0.05) is 0 Å². The van der Waals surface area contributed by atoms with Crippen molar-refractivity contribution in [2.75, 3.05) is 0 Å². The average Bonchev–Trinajstić information content (AvgIpc) is 1.41. The van der Waals surface area contributed by atoms with Gasteiger partial charge in [0, 0.05) is 0 Å². The smallest absolute Gasteiger partial charge is 1.00 e. The standard InChI is InChI=1S/CH3.Hg.Na.H2O3Se/c;;;1-4(2)3/h1H3;;;(H2,1,2,3)/q;2*+1;/p-2. The molecule has 0 aromatic heterocycles. The third-order valence-corrected chi connectivity index (χ3v) is 0. The molecule has 0 saturated heterocycles. The molecule has 6 heteroatoms. The Bertz CT molecular complexity index is 37.9. The molecular weight excluding hydrogens is 363 g/mol. The van der Waals surface area contributed by atoms with Crippen molar-refractivity contribution in [3.05, 3.63) is 0 Å². The zero-order chi connectivity index (χ0) is 5.58. The van der Waals surface area contributed by atoms with Crippen LogP contribution in [0.15, 0.2) is 0 Å². The predicted octanol–water partition coefficient (Wildman–Crippen LogP) is -5.29. The van der Waals surface area contributed by atoms with Crippen LogP contribution in [0.2, 0.25) is 4.43 Å². The molecule has 34 valence electrons. The topological polar surface area (TPSA) is 63.2 Å². The molecule has 0 fully saturated rings. The first-order valence-electron chi connectivity index (χ1n) is 1.21. The van der Waals surface area contributed by atoms with Crippen LogP contribution >= 0.6 is 0 Å². The second-order valence-electron chi connectivity index (χ2n) is 0.204. The Kier molecular flexibility index (Phi) is 36.1. The molecule has 0 aliphatic rings. The van der Waals surface area contributed by atoms with Gasteiger partial charge >= 0.3 is 86.8 Å². The molecule has 0 spiro atoms. The second-order valence-corrected chi connectivity index (χ2v) is 1.06. The van der Waals surface area contributed by atoms with Crippen LogP contribution in [0.1, 0.15) is 0 Å². The van der Waals surface area contributed by atoms with Crippen LogP contribution < -0.4 is 37.9 Å². The summed E-state index contributed by atoms with van der Waals surface area (Å²) in [5.41, 5.74) is 0. The molecule has 0 N–H and O–H groups in total. The molecule has 0 amide bonds. The summed E-state index contributed by atoms with van der Waals surface area (Å²) in [4.78, 5) is 0. The van der Waals surface area contributed by atoms with E-state index in [1.165, 1.54) is 0 Å². The van der Waals surface area contributed by atoms with E-state index in [9.17, 15) is 0 Å².